The first kappa shape index (κ1) is 29.1. The van der Waals surface area contributed by atoms with Gasteiger partial charge in [-0.25, -0.2) is 18.4 Å². The molecular weight excluding hydrogens is 580 g/mol. The van der Waals surface area contributed by atoms with Gasteiger partial charge in [0.1, 0.15) is 5.75 Å². The summed E-state index contributed by atoms with van der Waals surface area (Å²) in [5.74, 6) is 0.322. The van der Waals surface area contributed by atoms with Crippen molar-refractivity contribution in [3.05, 3.63) is 77.3 Å². The lowest BCUT2D eigenvalue weighted by Gasteiger charge is -2.16. The van der Waals surface area contributed by atoms with Gasteiger partial charge in [-0.3, -0.25) is 14.3 Å². The Morgan fingerprint density at radius 2 is 1.79 bits per heavy atom. The van der Waals surface area contributed by atoms with E-state index < -0.39 is 15.9 Å². The third kappa shape index (κ3) is 6.72. The number of carbonyl (C=O) groups excluding carboxylic acids is 2. The lowest BCUT2D eigenvalue weighted by atomic mass is 10.2. The Kier molecular flexibility index (Phi) is 8.74. The lowest BCUT2D eigenvalue weighted by Crippen LogP contribution is -2.30. The number of methoxy groups -OCH3 is 1. The lowest BCUT2D eigenvalue weighted by molar-refractivity contribution is -0.127. The van der Waals surface area contributed by atoms with Crippen LogP contribution in [-0.4, -0.2) is 61.8 Å². The number of nitrogens with one attached hydrogen (secondary N) is 3. The second-order valence-electron chi connectivity index (χ2n) is 9.61. The highest BCUT2D eigenvalue weighted by molar-refractivity contribution is 7.92. The molecule has 2 amide bonds. The number of nitrogens with zero attached hydrogens (tertiary/aromatic N) is 3. The molecule has 1 saturated heterocycles. The van der Waals surface area contributed by atoms with Crippen LogP contribution < -0.4 is 20.1 Å². The zero-order chi connectivity index (χ0) is 29.7. The van der Waals surface area contributed by atoms with Crippen molar-refractivity contribution in [2.75, 3.05) is 36.8 Å². The van der Waals surface area contributed by atoms with Crippen LogP contribution in [0.15, 0.2) is 71.6 Å². The minimum Gasteiger partial charge on any atom is -0.497 e. The summed E-state index contributed by atoms with van der Waals surface area (Å²) in [6.07, 6.45) is 2.03. The number of anilines is 3. The maximum atomic E-state index is 13.5. The first-order valence-corrected chi connectivity index (χ1v) is 15.2. The third-order valence-corrected chi connectivity index (χ3v) is 8.36. The highest BCUT2D eigenvalue weighted by atomic mass is 35.5. The minimum absolute atomic E-state index is 0.0566. The second-order valence-corrected chi connectivity index (χ2v) is 11.7. The molecule has 0 bridgehead atoms. The molecule has 13 heteroatoms. The number of sulfonamides is 1. The molecule has 0 saturated carbocycles. The zero-order valence-corrected chi connectivity index (χ0v) is 24.3. The van der Waals surface area contributed by atoms with Gasteiger partial charge in [0.15, 0.2) is 11.6 Å². The number of hydrogen-bond donors (Lipinski definition) is 3. The standard InChI is InChI=1S/C29H29ClN6O5S/c1-41-20-12-13-22(30)25(18-20)34-27-28(33-24-10-3-2-9-23(24)32-27)35-42(39,40)21-8-4-7-19(17-21)29(38)31-14-6-16-36-15-5-11-26(36)37/h2-4,7-10,12-13,17-18H,5-6,11,14-16H2,1H3,(H,31,38)(H,32,34)(H,33,35). The fourth-order valence-electron chi connectivity index (χ4n) is 4.52. The fraction of sp³-hybridized carbons (Fsp3) is 0.241. The van der Waals surface area contributed by atoms with Gasteiger partial charge in [-0.15, -0.1) is 0 Å². The summed E-state index contributed by atoms with van der Waals surface area (Å²) in [6, 6.07) is 17.7. The highest BCUT2D eigenvalue weighted by Gasteiger charge is 2.22. The number of aromatic nitrogens is 2. The number of amides is 2. The van der Waals surface area contributed by atoms with Crippen molar-refractivity contribution in [1.29, 1.82) is 0 Å². The average Bonchev–Trinajstić information content (AvgIpc) is 3.40. The Hall–Kier alpha value is -4.42. The van der Waals surface area contributed by atoms with Gasteiger partial charge in [0, 0.05) is 37.7 Å². The van der Waals surface area contributed by atoms with E-state index in [0.29, 0.717) is 53.4 Å². The van der Waals surface area contributed by atoms with Gasteiger partial charge in [0.05, 0.1) is 33.7 Å². The summed E-state index contributed by atoms with van der Waals surface area (Å²) in [7, 11) is -2.67. The number of ether oxygens (including phenoxy) is 1. The summed E-state index contributed by atoms with van der Waals surface area (Å²) in [6.45, 7) is 1.67. The molecule has 1 fully saturated rings. The maximum Gasteiger partial charge on any atom is 0.263 e. The Balaban J connectivity index is 1.35. The van der Waals surface area contributed by atoms with E-state index in [2.05, 4.69) is 25.3 Å². The van der Waals surface area contributed by atoms with E-state index in [0.717, 1.165) is 13.0 Å². The number of likely N-dealkylation sites (tertiary alicyclic amines) is 1. The molecule has 3 aromatic carbocycles. The molecule has 0 radical (unpaired) electrons. The normalized spacial score (nSPS) is 13.3. The highest BCUT2D eigenvalue weighted by Crippen LogP contribution is 2.32. The van der Waals surface area contributed by atoms with Crippen molar-refractivity contribution >= 4 is 61.8 Å². The van der Waals surface area contributed by atoms with Gasteiger partial charge in [0.2, 0.25) is 5.91 Å². The number of para-hydroxylation sites is 2. The van der Waals surface area contributed by atoms with Crippen LogP contribution in [0.1, 0.15) is 29.6 Å². The molecule has 11 nitrogen and oxygen atoms in total. The van der Waals surface area contributed by atoms with Crippen LogP contribution in [-0.2, 0) is 14.8 Å². The Labute approximate surface area is 248 Å². The Morgan fingerprint density at radius 1 is 1.02 bits per heavy atom. The molecule has 1 aliphatic rings. The largest absolute Gasteiger partial charge is 0.497 e. The maximum absolute atomic E-state index is 13.5. The average molecular weight is 609 g/mol. The first-order chi connectivity index (χ1) is 20.2. The van der Waals surface area contributed by atoms with Gasteiger partial charge in [-0.1, -0.05) is 29.8 Å². The minimum atomic E-state index is -4.19. The molecule has 0 atom stereocenters. The van der Waals surface area contributed by atoms with Crippen LogP contribution in [0.4, 0.5) is 17.3 Å². The van der Waals surface area contributed by atoms with Crippen molar-refractivity contribution in [3.8, 4) is 5.75 Å². The van der Waals surface area contributed by atoms with Crippen molar-refractivity contribution < 1.29 is 22.7 Å². The van der Waals surface area contributed by atoms with Crippen LogP contribution in [0.5, 0.6) is 5.75 Å². The molecule has 4 aromatic rings. The van der Waals surface area contributed by atoms with Gasteiger partial charge >= 0.3 is 0 Å². The van der Waals surface area contributed by atoms with Crippen LogP contribution in [0, 0.1) is 0 Å². The molecule has 1 aromatic heterocycles. The molecule has 0 aliphatic carbocycles. The molecule has 2 heterocycles. The van der Waals surface area contributed by atoms with Gasteiger partial charge < -0.3 is 20.3 Å². The van der Waals surface area contributed by atoms with E-state index >= 15 is 0 Å². The van der Waals surface area contributed by atoms with Crippen LogP contribution in [0.25, 0.3) is 11.0 Å². The molecule has 3 N–H and O–H groups in total. The van der Waals surface area contributed by atoms with Crippen molar-refractivity contribution in [2.45, 2.75) is 24.2 Å². The smallest absolute Gasteiger partial charge is 0.263 e. The van der Waals surface area contributed by atoms with E-state index in [-0.39, 0.29) is 28.0 Å². The van der Waals surface area contributed by atoms with Crippen molar-refractivity contribution in [2.24, 2.45) is 0 Å². The molecule has 0 unspecified atom stereocenters. The Morgan fingerprint density at radius 3 is 2.50 bits per heavy atom. The van der Waals surface area contributed by atoms with Crippen LogP contribution in [0.3, 0.4) is 0 Å². The Bertz CT molecular complexity index is 1750. The molecule has 42 heavy (non-hydrogen) atoms. The van der Waals surface area contributed by atoms with Gasteiger partial charge in [-0.2, -0.15) is 0 Å². The zero-order valence-electron chi connectivity index (χ0n) is 22.8. The third-order valence-electron chi connectivity index (χ3n) is 6.70. The molecule has 5 rings (SSSR count). The van der Waals surface area contributed by atoms with Crippen molar-refractivity contribution in [1.82, 2.24) is 20.2 Å². The van der Waals surface area contributed by atoms with E-state index in [4.69, 9.17) is 16.3 Å². The van der Waals surface area contributed by atoms with Crippen LogP contribution >= 0.6 is 11.6 Å². The van der Waals surface area contributed by atoms with E-state index in [9.17, 15) is 18.0 Å². The molecule has 1 aliphatic heterocycles. The topological polar surface area (TPSA) is 143 Å². The van der Waals surface area contributed by atoms with Crippen molar-refractivity contribution in [3.63, 3.8) is 0 Å². The molecule has 218 valence electrons. The summed E-state index contributed by atoms with van der Waals surface area (Å²) < 4.78 is 34.8. The number of rotatable bonds is 11. The van der Waals surface area contributed by atoms with Gasteiger partial charge in [0.25, 0.3) is 15.9 Å². The summed E-state index contributed by atoms with van der Waals surface area (Å²) >= 11 is 6.37. The second kappa shape index (κ2) is 12.6. The van der Waals surface area contributed by atoms with Crippen LogP contribution in [0.2, 0.25) is 5.02 Å². The number of hydrogen-bond acceptors (Lipinski definition) is 8. The summed E-state index contributed by atoms with van der Waals surface area (Å²) in [4.78, 5) is 35.3. The van der Waals surface area contributed by atoms with E-state index in [1.807, 2.05) is 0 Å². The monoisotopic (exact) mass is 608 g/mol. The van der Waals surface area contributed by atoms with E-state index in [1.54, 1.807) is 47.4 Å². The first-order valence-electron chi connectivity index (χ1n) is 13.3. The predicted molar refractivity (Wildman–Crippen MR) is 161 cm³/mol. The van der Waals surface area contributed by atoms with Gasteiger partial charge in [-0.05, 0) is 55.3 Å². The fourth-order valence-corrected chi connectivity index (χ4v) is 5.74. The summed E-state index contributed by atoms with van der Waals surface area (Å²) in [5, 5.41) is 6.22. The summed E-state index contributed by atoms with van der Waals surface area (Å²) in [5.41, 5.74) is 1.63. The molecule has 0 spiro atoms. The number of benzene rings is 3. The SMILES string of the molecule is COc1ccc(Cl)c(Nc2nc3ccccc3nc2NS(=O)(=O)c2cccc(C(=O)NCCCN3CCCC3=O)c2)c1. The predicted octanol–water partition coefficient (Wildman–Crippen LogP) is 4.58. The number of fused-ring (bicyclic) bond motifs is 1. The number of carbonyl (C=O) groups is 2. The van der Waals surface area contributed by atoms with E-state index in [1.165, 1.54) is 31.4 Å². The quantitative estimate of drug-likeness (QED) is 0.210. The molecular formula is C29H29ClN6O5S. The number of halogens is 1.